The van der Waals surface area contributed by atoms with Crippen LogP contribution in [-0.4, -0.2) is 26.4 Å². The molecule has 9 heteroatoms. The van der Waals surface area contributed by atoms with Crippen LogP contribution < -0.4 is 5.32 Å². The third-order valence-electron chi connectivity index (χ3n) is 5.30. The number of fused-ring (bicyclic) bond motifs is 1. The lowest BCUT2D eigenvalue weighted by Crippen LogP contribution is -2.14. The zero-order valence-electron chi connectivity index (χ0n) is 17.0. The average molecular weight is 442 g/mol. The first-order valence-electron chi connectivity index (χ1n) is 9.99. The van der Waals surface area contributed by atoms with Crippen molar-refractivity contribution >= 4 is 34.0 Å². The molecule has 1 aliphatic rings. The Morgan fingerprint density at radius 2 is 2.13 bits per heavy atom. The quantitative estimate of drug-likeness (QED) is 0.576. The van der Waals surface area contributed by atoms with Crippen molar-refractivity contribution in [3.8, 4) is 17.5 Å². The van der Waals surface area contributed by atoms with E-state index >= 15 is 0 Å². The van der Waals surface area contributed by atoms with E-state index in [1.165, 1.54) is 29.5 Å². The molecule has 0 spiro atoms. The summed E-state index contributed by atoms with van der Waals surface area (Å²) in [6.07, 6.45) is 8.23. The molecule has 30 heavy (non-hydrogen) atoms. The van der Waals surface area contributed by atoms with Crippen molar-refractivity contribution in [2.24, 2.45) is 7.05 Å². The fraction of sp³-hybridized carbons (Fsp3) is 0.429. The Bertz CT molecular complexity index is 1110. The zero-order valence-corrected chi connectivity index (χ0v) is 18.7. The summed E-state index contributed by atoms with van der Waals surface area (Å²) < 4.78 is 7.20. The van der Waals surface area contributed by atoms with Crippen molar-refractivity contribution in [1.29, 1.82) is 5.26 Å². The van der Waals surface area contributed by atoms with E-state index in [9.17, 15) is 10.1 Å². The van der Waals surface area contributed by atoms with Gasteiger partial charge in [0.1, 0.15) is 16.8 Å². The molecular formula is C21H23N5O2S2. The van der Waals surface area contributed by atoms with Crippen LogP contribution in [0.3, 0.4) is 0 Å². The van der Waals surface area contributed by atoms with E-state index in [1.54, 1.807) is 17.6 Å². The highest BCUT2D eigenvalue weighted by molar-refractivity contribution is 7.99. The van der Waals surface area contributed by atoms with E-state index in [1.807, 2.05) is 24.6 Å². The second-order valence-electron chi connectivity index (χ2n) is 7.33. The van der Waals surface area contributed by atoms with Gasteiger partial charge in [-0.2, -0.15) is 5.26 Å². The maximum absolute atomic E-state index is 12.6. The van der Waals surface area contributed by atoms with Crippen LogP contribution in [0.25, 0.3) is 11.4 Å². The first kappa shape index (κ1) is 20.7. The molecule has 4 rings (SSSR count). The predicted molar refractivity (Wildman–Crippen MR) is 118 cm³/mol. The smallest absolute Gasteiger partial charge is 0.235 e. The minimum absolute atomic E-state index is 0.144. The number of hydrogen-bond acceptors (Lipinski definition) is 7. The van der Waals surface area contributed by atoms with E-state index in [-0.39, 0.29) is 11.7 Å². The zero-order chi connectivity index (χ0) is 21.1. The van der Waals surface area contributed by atoms with E-state index in [4.69, 9.17) is 4.42 Å². The van der Waals surface area contributed by atoms with Gasteiger partial charge in [-0.25, -0.2) is 0 Å². The summed E-state index contributed by atoms with van der Waals surface area (Å²) in [5.74, 6) is 1.53. The van der Waals surface area contributed by atoms with Gasteiger partial charge in [0.25, 0.3) is 0 Å². The molecule has 7 nitrogen and oxygen atoms in total. The van der Waals surface area contributed by atoms with Crippen molar-refractivity contribution in [3.05, 3.63) is 34.1 Å². The molecule has 3 aromatic heterocycles. The number of nitrogens with zero attached hydrogens (tertiary/aromatic N) is 4. The number of aromatic nitrogens is 3. The van der Waals surface area contributed by atoms with Gasteiger partial charge >= 0.3 is 0 Å². The minimum atomic E-state index is -0.144. The summed E-state index contributed by atoms with van der Waals surface area (Å²) in [7, 11) is 1.87. The molecule has 1 aliphatic carbocycles. The normalized spacial score (nSPS) is 13.9. The third-order valence-corrected chi connectivity index (χ3v) is 7.53. The van der Waals surface area contributed by atoms with Crippen LogP contribution in [0.5, 0.6) is 0 Å². The van der Waals surface area contributed by atoms with E-state index < -0.39 is 0 Å². The SMILES string of the molecule is Cc1occc1-c1nnc(SCC(=O)Nc2sc3c(c2C#N)CCCCCC3)n1C. The number of hydrogen-bond donors (Lipinski definition) is 1. The fourth-order valence-electron chi connectivity index (χ4n) is 3.71. The number of thiophene rings is 1. The molecular weight excluding hydrogens is 418 g/mol. The van der Waals surface area contributed by atoms with Crippen LogP contribution >= 0.6 is 23.1 Å². The number of nitriles is 1. The largest absolute Gasteiger partial charge is 0.469 e. The summed E-state index contributed by atoms with van der Waals surface area (Å²) in [6, 6.07) is 4.17. The molecule has 0 bridgehead atoms. The van der Waals surface area contributed by atoms with Gasteiger partial charge in [-0.15, -0.1) is 21.5 Å². The number of carbonyl (C=O) groups excluding carboxylic acids is 1. The molecule has 3 aromatic rings. The first-order chi connectivity index (χ1) is 14.6. The predicted octanol–water partition coefficient (Wildman–Crippen LogP) is 4.71. The Hall–Kier alpha value is -2.57. The average Bonchev–Trinajstić information content (AvgIpc) is 3.37. The number of rotatable bonds is 5. The number of amides is 1. The van der Waals surface area contributed by atoms with Crippen molar-refractivity contribution in [1.82, 2.24) is 14.8 Å². The number of anilines is 1. The summed E-state index contributed by atoms with van der Waals surface area (Å²) in [5, 5.41) is 22.4. The Morgan fingerprint density at radius 1 is 1.33 bits per heavy atom. The Morgan fingerprint density at radius 3 is 2.87 bits per heavy atom. The van der Waals surface area contributed by atoms with Gasteiger partial charge in [0.15, 0.2) is 11.0 Å². The summed E-state index contributed by atoms with van der Waals surface area (Å²) in [5.41, 5.74) is 2.67. The fourth-order valence-corrected chi connectivity index (χ4v) is 5.68. The van der Waals surface area contributed by atoms with Gasteiger partial charge in [-0.1, -0.05) is 24.6 Å². The highest BCUT2D eigenvalue weighted by atomic mass is 32.2. The van der Waals surface area contributed by atoms with Crippen LogP contribution in [0, 0.1) is 18.3 Å². The highest BCUT2D eigenvalue weighted by Gasteiger charge is 2.21. The standard InChI is InChI=1S/C21H23N5O2S2/c1-13-14(9-10-28-13)19-24-25-21(26(19)2)29-12-18(27)23-20-16(11-22)15-7-5-3-4-6-8-17(15)30-20/h9-10H,3-8,12H2,1-2H3,(H,23,27). The molecule has 0 saturated carbocycles. The van der Waals surface area contributed by atoms with E-state index in [0.29, 0.717) is 21.5 Å². The van der Waals surface area contributed by atoms with Crippen LogP contribution in [0.2, 0.25) is 0 Å². The topological polar surface area (TPSA) is 96.7 Å². The van der Waals surface area contributed by atoms with Gasteiger partial charge in [0, 0.05) is 11.9 Å². The molecule has 1 N–H and O–H groups in total. The van der Waals surface area contributed by atoms with Crippen molar-refractivity contribution in [2.45, 2.75) is 50.6 Å². The summed E-state index contributed by atoms with van der Waals surface area (Å²) >= 11 is 2.88. The van der Waals surface area contributed by atoms with Crippen LogP contribution in [-0.2, 0) is 24.7 Å². The molecule has 156 valence electrons. The lowest BCUT2D eigenvalue weighted by Gasteiger charge is -2.08. The van der Waals surface area contributed by atoms with Gasteiger partial charge in [0.05, 0.1) is 23.1 Å². The van der Waals surface area contributed by atoms with Gasteiger partial charge in [0.2, 0.25) is 5.91 Å². The monoisotopic (exact) mass is 441 g/mol. The number of carbonyl (C=O) groups is 1. The number of thioether (sulfide) groups is 1. The van der Waals surface area contributed by atoms with E-state index in [0.717, 1.165) is 42.6 Å². The molecule has 0 saturated heterocycles. The molecule has 3 heterocycles. The molecule has 0 unspecified atom stereocenters. The molecule has 0 aromatic carbocycles. The van der Waals surface area contributed by atoms with Crippen LogP contribution in [0.1, 0.15) is 47.4 Å². The molecule has 0 aliphatic heterocycles. The van der Waals surface area contributed by atoms with Gasteiger partial charge in [-0.05, 0) is 44.2 Å². The maximum Gasteiger partial charge on any atom is 0.235 e. The second-order valence-corrected chi connectivity index (χ2v) is 9.37. The minimum Gasteiger partial charge on any atom is -0.469 e. The Kier molecular flexibility index (Phi) is 6.25. The Balaban J connectivity index is 1.44. The third kappa shape index (κ3) is 4.16. The summed E-state index contributed by atoms with van der Waals surface area (Å²) in [6.45, 7) is 1.88. The van der Waals surface area contributed by atoms with Crippen molar-refractivity contribution in [2.75, 3.05) is 11.1 Å². The summed E-state index contributed by atoms with van der Waals surface area (Å²) in [4.78, 5) is 13.8. The van der Waals surface area contributed by atoms with E-state index in [2.05, 4.69) is 21.6 Å². The maximum atomic E-state index is 12.6. The van der Waals surface area contributed by atoms with Crippen LogP contribution in [0.4, 0.5) is 5.00 Å². The lowest BCUT2D eigenvalue weighted by molar-refractivity contribution is -0.113. The molecule has 1 amide bonds. The first-order valence-corrected chi connectivity index (χ1v) is 11.8. The van der Waals surface area contributed by atoms with Gasteiger partial charge in [-0.3, -0.25) is 4.79 Å². The highest BCUT2D eigenvalue weighted by Crippen LogP contribution is 2.36. The molecule has 0 atom stereocenters. The van der Waals surface area contributed by atoms with Crippen molar-refractivity contribution < 1.29 is 9.21 Å². The lowest BCUT2D eigenvalue weighted by atomic mass is 9.97. The van der Waals surface area contributed by atoms with Crippen molar-refractivity contribution in [3.63, 3.8) is 0 Å². The molecule has 0 radical (unpaired) electrons. The number of nitrogens with one attached hydrogen (secondary N) is 1. The number of aryl methyl sites for hydroxylation is 2. The second kappa shape index (κ2) is 9.06. The molecule has 0 fully saturated rings. The van der Waals surface area contributed by atoms with Crippen LogP contribution in [0.15, 0.2) is 21.9 Å². The Labute approximate surface area is 183 Å². The van der Waals surface area contributed by atoms with Gasteiger partial charge < -0.3 is 14.3 Å². The number of furan rings is 1.